The first-order valence-electron chi connectivity index (χ1n) is 11.6. The Morgan fingerprint density at radius 2 is 0.844 bits per heavy atom. The fourth-order valence-electron chi connectivity index (χ4n) is 4.53. The van der Waals surface area contributed by atoms with Gasteiger partial charge in [0, 0.05) is 0 Å². The van der Waals surface area contributed by atoms with Crippen LogP contribution >= 0.6 is 14.6 Å². The van der Waals surface area contributed by atoms with Gasteiger partial charge in [-0.1, -0.05) is 0 Å². The first-order valence-corrected chi connectivity index (χ1v) is 16.2. The summed E-state index contributed by atoms with van der Waals surface area (Å²) in [7, 11) is -10.2. The predicted molar refractivity (Wildman–Crippen MR) is 138 cm³/mol. The summed E-state index contributed by atoms with van der Waals surface area (Å²) >= 11 is 0. The maximum atomic E-state index is 10.7. The molecule has 190 valence electrons. The van der Waals surface area contributed by atoms with Crippen molar-refractivity contribution in [2.75, 3.05) is 12.3 Å². The summed E-state index contributed by atoms with van der Waals surface area (Å²) in [6.07, 6.45) is 2.36. The summed E-state index contributed by atoms with van der Waals surface area (Å²) < 4.78 is 0. The third-order valence-corrected chi connectivity index (χ3v) is 10.8. The van der Waals surface area contributed by atoms with Gasteiger partial charge in [0.15, 0.2) is 0 Å². The van der Waals surface area contributed by atoms with E-state index in [4.69, 9.17) is 0 Å². The molecule has 0 radical (unpaired) electrons. The normalized spacial score (nSPS) is 18.3. The summed E-state index contributed by atoms with van der Waals surface area (Å²) in [4.78, 5) is 64.2. The molecule has 2 atom stereocenters. The van der Waals surface area contributed by atoms with Gasteiger partial charge in [-0.2, -0.15) is 0 Å². The first kappa shape index (κ1) is 29.9. The molecule has 0 aliphatic rings. The van der Waals surface area contributed by atoms with Crippen LogP contribution in [-0.4, -0.2) is 41.7 Å². The zero-order valence-corrected chi connectivity index (χ0v) is 23.1. The fourth-order valence-corrected chi connectivity index (χ4v) is 8.40. The Bertz CT molecular complexity index is 681. The van der Waals surface area contributed by atoms with Crippen molar-refractivity contribution in [3.8, 4) is 0 Å². The Balaban J connectivity index is 2.94. The molecular weight excluding hydrogens is 446 g/mol. The summed E-state index contributed by atoms with van der Waals surface area (Å²) in [5.41, 5.74) is 0.210. The molecular formula is C24H48O6P2. The van der Waals surface area contributed by atoms with Crippen molar-refractivity contribution >= 4 is 25.2 Å². The molecule has 0 saturated carbocycles. The molecule has 0 aliphatic heterocycles. The molecule has 0 aromatic heterocycles. The van der Waals surface area contributed by atoms with Crippen molar-refractivity contribution in [2.45, 2.75) is 81.1 Å². The van der Waals surface area contributed by atoms with Crippen LogP contribution < -0.4 is 10.6 Å². The molecule has 2 unspecified atom stereocenters. The van der Waals surface area contributed by atoms with Gasteiger partial charge in [-0.3, -0.25) is 0 Å². The molecule has 0 heterocycles. The minimum atomic E-state index is -5.10. The van der Waals surface area contributed by atoms with E-state index in [2.05, 4.69) is 41.5 Å². The van der Waals surface area contributed by atoms with Crippen LogP contribution in [0.1, 0.15) is 81.1 Å². The number of benzene rings is 1. The van der Waals surface area contributed by atoms with E-state index in [0.717, 1.165) is 12.8 Å². The summed E-state index contributed by atoms with van der Waals surface area (Å²) in [5, 5.41) is -0.0912. The summed E-state index contributed by atoms with van der Waals surface area (Å²) in [5.74, 6) is 0.403. The van der Waals surface area contributed by atoms with Crippen molar-refractivity contribution < 1.29 is 29.4 Å². The van der Waals surface area contributed by atoms with Gasteiger partial charge in [-0.25, -0.2) is 0 Å². The molecule has 6 nitrogen and oxygen atoms in total. The number of hydrogen-bond donors (Lipinski definition) is 6. The van der Waals surface area contributed by atoms with Crippen LogP contribution in [0.25, 0.3) is 0 Å². The quantitative estimate of drug-likeness (QED) is 0.268. The Morgan fingerprint density at radius 3 is 1.06 bits per heavy atom. The Kier molecular flexibility index (Phi) is 8.84. The average Bonchev–Trinajstić information content (AvgIpc) is 2.55. The second-order valence-electron chi connectivity index (χ2n) is 12.6. The molecule has 0 spiro atoms. The molecule has 0 amide bonds. The van der Waals surface area contributed by atoms with E-state index >= 15 is 0 Å². The van der Waals surface area contributed by atoms with Gasteiger partial charge in [-0.15, -0.1) is 0 Å². The molecule has 0 aliphatic carbocycles. The zero-order valence-electron chi connectivity index (χ0n) is 21.3. The second kappa shape index (κ2) is 9.47. The molecule has 1 aromatic carbocycles. The van der Waals surface area contributed by atoms with E-state index in [9.17, 15) is 29.4 Å². The first-order chi connectivity index (χ1) is 14.0. The van der Waals surface area contributed by atoms with E-state index in [1.165, 1.54) is 24.3 Å². The molecule has 8 heteroatoms. The summed E-state index contributed by atoms with van der Waals surface area (Å²) in [6, 6.07) is 5.13. The van der Waals surface area contributed by atoms with E-state index < -0.39 is 14.6 Å². The van der Waals surface area contributed by atoms with Gasteiger partial charge in [0.2, 0.25) is 0 Å². The van der Waals surface area contributed by atoms with Crippen LogP contribution in [0.5, 0.6) is 0 Å². The molecule has 0 fully saturated rings. The standard InChI is InChI=1S/C24H48O6P2/c1-19(17-23(3,4)5)13-15-31(25,26,27)21-9-11-22(12-10-21)32(28,29,30)16-14-20(2)18-24(6,7)8/h9-12,19-20,25-30H,13-18H2,1-8H3. The fraction of sp³-hybridized carbons (Fsp3) is 0.750. The Hall–Kier alpha value is -0.160. The molecule has 32 heavy (non-hydrogen) atoms. The Morgan fingerprint density at radius 1 is 0.594 bits per heavy atom. The van der Waals surface area contributed by atoms with Crippen LogP contribution in [-0.2, 0) is 0 Å². The SMILES string of the molecule is CC(CCP(O)(O)(O)c1ccc(P(O)(O)(O)CCC(C)CC(C)(C)C)cc1)CC(C)(C)C. The van der Waals surface area contributed by atoms with Crippen molar-refractivity contribution in [3.05, 3.63) is 24.3 Å². The van der Waals surface area contributed by atoms with Crippen LogP contribution in [0.15, 0.2) is 24.3 Å². The van der Waals surface area contributed by atoms with E-state index in [-0.39, 0.29) is 45.6 Å². The topological polar surface area (TPSA) is 121 Å². The molecule has 1 rings (SSSR count). The van der Waals surface area contributed by atoms with Crippen molar-refractivity contribution in [1.82, 2.24) is 0 Å². The summed E-state index contributed by atoms with van der Waals surface area (Å²) in [6.45, 7) is 16.8. The van der Waals surface area contributed by atoms with Crippen molar-refractivity contribution in [2.24, 2.45) is 22.7 Å². The van der Waals surface area contributed by atoms with E-state index in [1.807, 2.05) is 13.8 Å². The third kappa shape index (κ3) is 9.99. The van der Waals surface area contributed by atoms with Crippen molar-refractivity contribution in [3.63, 3.8) is 0 Å². The van der Waals surface area contributed by atoms with Crippen molar-refractivity contribution in [1.29, 1.82) is 0 Å². The third-order valence-electron chi connectivity index (χ3n) is 5.90. The van der Waals surface area contributed by atoms with Gasteiger partial charge >= 0.3 is 195 Å². The van der Waals surface area contributed by atoms with Gasteiger partial charge < -0.3 is 0 Å². The molecule has 1 aromatic rings. The maximum absolute atomic E-state index is 10.7. The zero-order chi connectivity index (χ0) is 25.3. The van der Waals surface area contributed by atoms with Gasteiger partial charge in [0.25, 0.3) is 0 Å². The van der Waals surface area contributed by atoms with Gasteiger partial charge in [0.1, 0.15) is 0 Å². The predicted octanol–water partition coefficient (Wildman–Crippen LogP) is 4.41. The monoisotopic (exact) mass is 494 g/mol. The van der Waals surface area contributed by atoms with E-state index in [0.29, 0.717) is 12.8 Å². The molecule has 6 N–H and O–H groups in total. The Labute approximate surface area is 195 Å². The number of rotatable bonds is 10. The second-order valence-corrected chi connectivity index (χ2v) is 19.1. The number of hydrogen-bond acceptors (Lipinski definition) is 6. The minimum absolute atomic E-state index is 0.0456. The van der Waals surface area contributed by atoms with E-state index in [1.54, 1.807) is 0 Å². The van der Waals surface area contributed by atoms with Crippen LogP contribution in [0.4, 0.5) is 0 Å². The molecule has 0 bridgehead atoms. The van der Waals surface area contributed by atoms with Crippen LogP contribution in [0.3, 0.4) is 0 Å². The average molecular weight is 495 g/mol. The molecule has 0 saturated heterocycles. The van der Waals surface area contributed by atoms with Gasteiger partial charge in [0.05, 0.1) is 0 Å². The van der Waals surface area contributed by atoms with Crippen LogP contribution in [0, 0.1) is 22.7 Å². The van der Waals surface area contributed by atoms with Gasteiger partial charge in [-0.05, 0) is 0 Å². The van der Waals surface area contributed by atoms with Crippen LogP contribution in [0.2, 0.25) is 0 Å².